The van der Waals surface area contributed by atoms with Gasteiger partial charge >= 0.3 is 0 Å². The van der Waals surface area contributed by atoms with Crippen molar-refractivity contribution < 1.29 is 0 Å². The molecule has 1 aromatic heterocycles. The summed E-state index contributed by atoms with van der Waals surface area (Å²) in [4.78, 5) is 8.64. The number of rotatable bonds is 6. The molecule has 0 aliphatic carbocycles. The van der Waals surface area contributed by atoms with Gasteiger partial charge in [-0.15, -0.1) is 11.3 Å². The van der Waals surface area contributed by atoms with Crippen molar-refractivity contribution in [3.63, 3.8) is 0 Å². The SMILES string of the molecule is CCCC1CCN(c2nc(C(C)CC)c(CN)s2)C1. The molecule has 1 aromatic rings. The van der Waals surface area contributed by atoms with E-state index in [-0.39, 0.29) is 0 Å². The van der Waals surface area contributed by atoms with Crippen LogP contribution in [0, 0.1) is 5.92 Å². The van der Waals surface area contributed by atoms with Gasteiger partial charge in [0.25, 0.3) is 0 Å². The van der Waals surface area contributed by atoms with Gasteiger partial charge in [0.2, 0.25) is 0 Å². The fraction of sp³-hybridized carbons (Fsp3) is 0.800. The highest BCUT2D eigenvalue weighted by molar-refractivity contribution is 7.15. The van der Waals surface area contributed by atoms with Crippen LogP contribution in [-0.4, -0.2) is 18.1 Å². The molecule has 4 heteroatoms. The summed E-state index contributed by atoms with van der Waals surface area (Å²) >= 11 is 1.81. The number of nitrogens with zero attached hydrogens (tertiary/aromatic N) is 2. The highest BCUT2D eigenvalue weighted by Crippen LogP contribution is 2.34. The third kappa shape index (κ3) is 3.29. The molecule has 0 amide bonds. The molecule has 2 rings (SSSR count). The summed E-state index contributed by atoms with van der Waals surface area (Å²) < 4.78 is 0. The largest absolute Gasteiger partial charge is 0.348 e. The molecule has 19 heavy (non-hydrogen) atoms. The van der Waals surface area contributed by atoms with Crippen molar-refractivity contribution in [1.82, 2.24) is 4.98 Å². The Kier molecular flexibility index (Phi) is 5.22. The van der Waals surface area contributed by atoms with E-state index in [0.29, 0.717) is 12.5 Å². The molecule has 108 valence electrons. The Hall–Kier alpha value is -0.610. The van der Waals surface area contributed by atoms with Gasteiger partial charge in [0.15, 0.2) is 5.13 Å². The molecule has 3 nitrogen and oxygen atoms in total. The zero-order valence-corrected chi connectivity index (χ0v) is 13.3. The predicted molar refractivity (Wildman–Crippen MR) is 83.9 cm³/mol. The maximum Gasteiger partial charge on any atom is 0.185 e. The Bertz CT molecular complexity index is 402. The Morgan fingerprint density at radius 1 is 1.47 bits per heavy atom. The first-order valence-electron chi connectivity index (χ1n) is 7.64. The van der Waals surface area contributed by atoms with Gasteiger partial charge in [-0.25, -0.2) is 4.98 Å². The van der Waals surface area contributed by atoms with Crippen LogP contribution in [0.5, 0.6) is 0 Å². The van der Waals surface area contributed by atoms with Crippen molar-refractivity contribution >= 4 is 16.5 Å². The summed E-state index contributed by atoms with van der Waals surface area (Å²) in [6.45, 7) is 9.73. The van der Waals surface area contributed by atoms with Crippen molar-refractivity contribution in [2.45, 2.75) is 58.9 Å². The first-order valence-corrected chi connectivity index (χ1v) is 8.45. The maximum absolute atomic E-state index is 5.88. The van der Waals surface area contributed by atoms with Crippen LogP contribution in [0.1, 0.15) is 62.9 Å². The highest BCUT2D eigenvalue weighted by Gasteiger charge is 2.25. The first kappa shape index (κ1) is 14.8. The lowest BCUT2D eigenvalue weighted by molar-refractivity contribution is 0.529. The molecule has 1 aliphatic heterocycles. The highest BCUT2D eigenvalue weighted by atomic mass is 32.1. The number of thiazole rings is 1. The minimum atomic E-state index is 0.526. The minimum absolute atomic E-state index is 0.526. The lowest BCUT2D eigenvalue weighted by Gasteiger charge is -2.14. The van der Waals surface area contributed by atoms with Gasteiger partial charge in [0.1, 0.15) is 0 Å². The van der Waals surface area contributed by atoms with E-state index in [9.17, 15) is 0 Å². The van der Waals surface area contributed by atoms with E-state index in [0.717, 1.165) is 12.3 Å². The molecule has 0 radical (unpaired) electrons. The maximum atomic E-state index is 5.88. The molecule has 1 saturated heterocycles. The van der Waals surface area contributed by atoms with Gasteiger partial charge in [0, 0.05) is 24.5 Å². The smallest absolute Gasteiger partial charge is 0.185 e. The minimum Gasteiger partial charge on any atom is -0.348 e. The molecule has 0 aromatic carbocycles. The van der Waals surface area contributed by atoms with Crippen molar-refractivity contribution in [2.75, 3.05) is 18.0 Å². The molecule has 0 spiro atoms. The normalized spacial score (nSPS) is 21.1. The summed E-state index contributed by atoms with van der Waals surface area (Å²) in [6, 6.07) is 0. The van der Waals surface area contributed by atoms with Crippen LogP contribution in [-0.2, 0) is 6.54 Å². The van der Waals surface area contributed by atoms with Crippen LogP contribution in [0.4, 0.5) is 5.13 Å². The van der Waals surface area contributed by atoms with E-state index >= 15 is 0 Å². The molecule has 1 aliphatic rings. The number of nitrogens with two attached hydrogens (primary N) is 1. The second-order valence-electron chi connectivity index (χ2n) is 5.71. The average Bonchev–Trinajstić information content (AvgIpc) is 3.04. The van der Waals surface area contributed by atoms with Crippen molar-refractivity contribution in [1.29, 1.82) is 0 Å². The summed E-state index contributed by atoms with van der Waals surface area (Å²) in [5, 5.41) is 1.20. The Morgan fingerprint density at radius 2 is 2.26 bits per heavy atom. The van der Waals surface area contributed by atoms with Gasteiger partial charge in [-0.1, -0.05) is 27.2 Å². The summed E-state index contributed by atoms with van der Waals surface area (Å²) in [6.07, 6.45) is 5.10. The van der Waals surface area contributed by atoms with E-state index in [4.69, 9.17) is 10.7 Å². The quantitative estimate of drug-likeness (QED) is 0.863. The third-order valence-corrected chi connectivity index (χ3v) is 5.39. The van der Waals surface area contributed by atoms with Crippen LogP contribution in [0.2, 0.25) is 0 Å². The summed E-state index contributed by atoms with van der Waals surface area (Å²) in [7, 11) is 0. The van der Waals surface area contributed by atoms with Gasteiger partial charge < -0.3 is 10.6 Å². The number of hydrogen-bond acceptors (Lipinski definition) is 4. The fourth-order valence-electron chi connectivity index (χ4n) is 2.86. The standard InChI is InChI=1S/C15H27N3S/c1-4-6-12-7-8-18(10-12)15-17-14(11(3)5-2)13(9-16)19-15/h11-12H,4-10,16H2,1-3H3. The van der Waals surface area contributed by atoms with Crippen LogP contribution >= 0.6 is 11.3 Å². The third-order valence-electron chi connectivity index (χ3n) is 4.23. The fourth-order valence-corrected chi connectivity index (χ4v) is 3.95. The Balaban J connectivity index is 2.11. The molecule has 2 unspecified atom stereocenters. The molecule has 0 bridgehead atoms. The van der Waals surface area contributed by atoms with E-state index in [1.54, 1.807) is 0 Å². The molecule has 0 saturated carbocycles. The number of hydrogen-bond donors (Lipinski definition) is 1. The predicted octanol–water partition coefficient (Wildman–Crippen LogP) is 3.74. The van der Waals surface area contributed by atoms with Crippen molar-refractivity contribution in [2.24, 2.45) is 11.7 Å². The molecule has 1 fully saturated rings. The van der Waals surface area contributed by atoms with E-state index in [1.165, 1.54) is 48.1 Å². The molecular weight excluding hydrogens is 254 g/mol. The van der Waals surface area contributed by atoms with Gasteiger partial charge in [-0.2, -0.15) is 0 Å². The second kappa shape index (κ2) is 6.71. The van der Waals surface area contributed by atoms with Crippen LogP contribution in [0.15, 0.2) is 0 Å². The van der Waals surface area contributed by atoms with Gasteiger partial charge in [0.05, 0.1) is 5.69 Å². The average molecular weight is 281 g/mol. The molecule has 2 atom stereocenters. The number of aromatic nitrogens is 1. The van der Waals surface area contributed by atoms with E-state index < -0.39 is 0 Å². The first-order chi connectivity index (χ1) is 9.19. The second-order valence-corrected chi connectivity index (χ2v) is 6.77. The lowest BCUT2D eigenvalue weighted by Crippen LogP contribution is -2.19. The molecule has 2 N–H and O–H groups in total. The Morgan fingerprint density at radius 3 is 2.89 bits per heavy atom. The van der Waals surface area contributed by atoms with Gasteiger partial charge in [-0.05, 0) is 31.1 Å². The van der Waals surface area contributed by atoms with E-state index in [1.807, 2.05) is 11.3 Å². The van der Waals surface area contributed by atoms with E-state index in [2.05, 4.69) is 25.7 Å². The van der Waals surface area contributed by atoms with Crippen LogP contribution < -0.4 is 10.6 Å². The number of anilines is 1. The molecular formula is C15H27N3S. The topological polar surface area (TPSA) is 42.2 Å². The monoisotopic (exact) mass is 281 g/mol. The zero-order chi connectivity index (χ0) is 13.8. The zero-order valence-electron chi connectivity index (χ0n) is 12.5. The summed E-state index contributed by atoms with van der Waals surface area (Å²) in [5.41, 5.74) is 7.12. The molecule has 2 heterocycles. The lowest BCUT2D eigenvalue weighted by atomic mass is 10.0. The van der Waals surface area contributed by atoms with Crippen LogP contribution in [0.25, 0.3) is 0 Å². The van der Waals surface area contributed by atoms with Crippen molar-refractivity contribution in [3.05, 3.63) is 10.6 Å². The van der Waals surface area contributed by atoms with Crippen molar-refractivity contribution in [3.8, 4) is 0 Å². The summed E-state index contributed by atoms with van der Waals surface area (Å²) in [5.74, 6) is 1.39. The Labute approximate surface area is 121 Å². The van der Waals surface area contributed by atoms with Crippen LogP contribution in [0.3, 0.4) is 0 Å². The van der Waals surface area contributed by atoms with Gasteiger partial charge in [-0.3, -0.25) is 0 Å².